The van der Waals surface area contributed by atoms with Crippen molar-refractivity contribution in [2.75, 3.05) is 0 Å². The Hall–Kier alpha value is -2.12. The molecule has 0 atom stereocenters. The molecule has 0 spiro atoms. The highest BCUT2D eigenvalue weighted by Crippen LogP contribution is 2.27. The van der Waals surface area contributed by atoms with E-state index in [1.54, 1.807) is 24.5 Å². The van der Waals surface area contributed by atoms with Crippen LogP contribution in [0, 0.1) is 18.3 Å². The molecule has 94 valence electrons. The minimum Gasteiger partial charge on any atom is -0.397 e. The van der Waals surface area contributed by atoms with Crippen molar-refractivity contribution < 1.29 is 0 Å². The van der Waals surface area contributed by atoms with E-state index in [4.69, 9.17) is 5.73 Å². The van der Waals surface area contributed by atoms with Gasteiger partial charge in [0.25, 0.3) is 0 Å². The Kier molecular flexibility index (Phi) is 3.98. The summed E-state index contributed by atoms with van der Waals surface area (Å²) in [7, 11) is 0. The minimum atomic E-state index is 0.462. The summed E-state index contributed by atoms with van der Waals surface area (Å²) < 4.78 is 0.972. The summed E-state index contributed by atoms with van der Waals surface area (Å²) in [5, 5.41) is 9.35. The second-order valence-electron chi connectivity index (χ2n) is 4.05. The summed E-state index contributed by atoms with van der Waals surface area (Å²) in [5.74, 6) is 0. The van der Waals surface area contributed by atoms with Crippen LogP contribution in [0.4, 0.5) is 0 Å². The van der Waals surface area contributed by atoms with Crippen LogP contribution >= 0.6 is 15.9 Å². The molecule has 1 heterocycles. The van der Waals surface area contributed by atoms with Crippen molar-refractivity contribution in [3.8, 4) is 6.07 Å². The molecule has 19 heavy (non-hydrogen) atoms. The highest BCUT2D eigenvalue weighted by molar-refractivity contribution is 9.10. The summed E-state index contributed by atoms with van der Waals surface area (Å²) in [4.78, 5) is 3.95. The zero-order valence-electron chi connectivity index (χ0n) is 10.4. The quantitative estimate of drug-likeness (QED) is 0.863. The van der Waals surface area contributed by atoms with Crippen LogP contribution in [0.25, 0.3) is 11.3 Å². The molecule has 0 amide bonds. The molecule has 2 aromatic rings. The van der Waals surface area contributed by atoms with Crippen LogP contribution in [0.15, 0.2) is 47.2 Å². The Labute approximate surface area is 120 Å². The predicted octanol–water partition coefficient (Wildman–Crippen LogP) is 3.50. The highest BCUT2D eigenvalue weighted by atomic mass is 79.9. The van der Waals surface area contributed by atoms with Gasteiger partial charge in [0.1, 0.15) is 6.07 Å². The van der Waals surface area contributed by atoms with Crippen LogP contribution in [0.3, 0.4) is 0 Å². The third kappa shape index (κ3) is 2.67. The average molecular weight is 314 g/mol. The van der Waals surface area contributed by atoms with Gasteiger partial charge in [-0.2, -0.15) is 5.26 Å². The van der Waals surface area contributed by atoms with E-state index in [1.807, 2.05) is 25.1 Å². The first-order valence-corrected chi connectivity index (χ1v) is 6.50. The average Bonchev–Trinajstić information content (AvgIpc) is 2.44. The number of nitriles is 1. The number of pyridine rings is 1. The van der Waals surface area contributed by atoms with E-state index in [2.05, 4.69) is 27.0 Å². The number of nitrogens with two attached hydrogens (primary N) is 1. The van der Waals surface area contributed by atoms with E-state index >= 15 is 0 Å². The molecule has 0 saturated heterocycles. The van der Waals surface area contributed by atoms with Gasteiger partial charge < -0.3 is 5.73 Å². The zero-order valence-corrected chi connectivity index (χ0v) is 12.0. The first kappa shape index (κ1) is 13.3. The molecule has 0 aliphatic carbocycles. The Balaban J connectivity index is 2.63. The SMILES string of the molecule is Cc1c(Br)cccc1/C(N)=C(/C#N)c1ccncc1. The Morgan fingerprint density at radius 1 is 1.26 bits per heavy atom. The van der Waals surface area contributed by atoms with E-state index in [0.717, 1.165) is 21.2 Å². The third-order valence-electron chi connectivity index (χ3n) is 2.91. The molecule has 0 bridgehead atoms. The molecule has 0 radical (unpaired) electrons. The van der Waals surface area contributed by atoms with Gasteiger partial charge in [0.15, 0.2) is 0 Å². The number of hydrogen-bond donors (Lipinski definition) is 1. The number of rotatable bonds is 2. The van der Waals surface area contributed by atoms with Gasteiger partial charge in [0.05, 0.1) is 11.3 Å². The minimum absolute atomic E-state index is 0.462. The predicted molar refractivity (Wildman–Crippen MR) is 79.7 cm³/mol. The monoisotopic (exact) mass is 313 g/mol. The van der Waals surface area contributed by atoms with Crippen LogP contribution in [0.2, 0.25) is 0 Å². The van der Waals surface area contributed by atoms with Gasteiger partial charge in [-0.15, -0.1) is 0 Å². The largest absolute Gasteiger partial charge is 0.397 e. The van der Waals surface area contributed by atoms with E-state index in [1.165, 1.54) is 0 Å². The summed E-state index contributed by atoms with van der Waals surface area (Å²) in [5.41, 5.74) is 9.76. The van der Waals surface area contributed by atoms with Crippen LogP contribution in [0.1, 0.15) is 16.7 Å². The van der Waals surface area contributed by atoms with Crippen molar-refractivity contribution in [3.05, 3.63) is 63.9 Å². The third-order valence-corrected chi connectivity index (χ3v) is 3.77. The summed E-state index contributed by atoms with van der Waals surface area (Å²) >= 11 is 3.47. The van der Waals surface area contributed by atoms with E-state index in [-0.39, 0.29) is 0 Å². The molecule has 0 saturated carbocycles. The summed E-state index contributed by atoms with van der Waals surface area (Å²) in [6.45, 7) is 1.97. The van der Waals surface area contributed by atoms with E-state index < -0.39 is 0 Å². The number of nitrogens with zero attached hydrogens (tertiary/aromatic N) is 2. The molecule has 3 nitrogen and oxygen atoms in total. The van der Waals surface area contributed by atoms with Crippen molar-refractivity contribution in [2.24, 2.45) is 5.73 Å². The first-order chi connectivity index (χ1) is 9.15. The number of allylic oxidation sites excluding steroid dienone is 1. The van der Waals surface area contributed by atoms with Gasteiger partial charge in [0, 0.05) is 22.4 Å². The maximum atomic E-state index is 9.35. The lowest BCUT2D eigenvalue weighted by Gasteiger charge is -2.10. The van der Waals surface area contributed by atoms with Crippen LogP contribution in [0.5, 0.6) is 0 Å². The molecular weight excluding hydrogens is 302 g/mol. The molecule has 2 rings (SSSR count). The standard InChI is InChI=1S/C15H12BrN3/c1-10-12(3-2-4-14(10)16)15(18)13(9-17)11-5-7-19-8-6-11/h2-8H,18H2,1H3/b15-13+. The fraction of sp³-hybridized carbons (Fsp3) is 0.0667. The molecular formula is C15H12BrN3. The van der Waals surface area contributed by atoms with Crippen LogP contribution in [-0.4, -0.2) is 4.98 Å². The fourth-order valence-corrected chi connectivity index (χ4v) is 2.20. The first-order valence-electron chi connectivity index (χ1n) is 5.71. The van der Waals surface area contributed by atoms with Crippen LogP contribution < -0.4 is 5.73 Å². The maximum Gasteiger partial charge on any atom is 0.102 e. The van der Waals surface area contributed by atoms with Crippen LogP contribution in [-0.2, 0) is 0 Å². The van der Waals surface area contributed by atoms with Crippen molar-refractivity contribution >= 4 is 27.2 Å². The Morgan fingerprint density at radius 3 is 2.58 bits per heavy atom. The Morgan fingerprint density at radius 2 is 1.95 bits per heavy atom. The van der Waals surface area contributed by atoms with Gasteiger partial charge in [-0.05, 0) is 36.2 Å². The van der Waals surface area contributed by atoms with Crippen molar-refractivity contribution in [2.45, 2.75) is 6.92 Å². The lowest BCUT2D eigenvalue weighted by molar-refractivity contribution is 1.31. The molecule has 1 aromatic carbocycles. The Bertz CT molecular complexity index is 670. The van der Waals surface area contributed by atoms with Gasteiger partial charge in [-0.25, -0.2) is 0 Å². The molecule has 0 unspecified atom stereocenters. The fourth-order valence-electron chi connectivity index (χ4n) is 1.83. The summed E-state index contributed by atoms with van der Waals surface area (Å²) in [6, 6.07) is 11.5. The lowest BCUT2D eigenvalue weighted by Crippen LogP contribution is -2.03. The van der Waals surface area contributed by atoms with Gasteiger partial charge >= 0.3 is 0 Å². The highest BCUT2D eigenvalue weighted by Gasteiger charge is 2.11. The smallest absolute Gasteiger partial charge is 0.102 e. The molecule has 0 aliphatic heterocycles. The number of hydrogen-bond acceptors (Lipinski definition) is 3. The van der Waals surface area contributed by atoms with Gasteiger partial charge in [0.2, 0.25) is 0 Å². The normalized spacial score (nSPS) is 11.6. The van der Waals surface area contributed by atoms with E-state index in [0.29, 0.717) is 11.3 Å². The second kappa shape index (κ2) is 5.68. The van der Waals surface area contributed by atoms with Crippen molar-refractivity contribution in [3.63, 3.8) is 0 Å². The molecule has 4 heteroatoms. The molecule has 2 N–H and O–H groups in total. The molecule has 1 aromatic heterocycles. The topological polar surface area (TPSA) is 62.7 Å². The van der Waals surface area contributed by atoms with Gasteiger partial charge in [-0.3, -0.25) is 4.98 Å². The second-order valence-corrected chi connectivity index (χ2v) is 4.90. The lowest BCUT2D eigenvalue weighted by atomic mass is 9.99. The molecule has 0 fully saturated rings. The maximum absolute atomic E-state index is 9.35. The molecule has 0 aliphatic rings. The zero-order chi connectivity index (χ0) is 13.8. The van der Waals surface area contributed by atoms with E-state index in [9.17, 15) is 5.26 Å². The number of benzene rings is 1. The van der Waals surface area contributed by atoms with Gasteiger partial charge in [-0.1, -0.05) is 28.1 Å². The number of aromatic nitrogens is 1. The number of halogens is 1. The summed E-state index contributed by atoms with van der Waals surface area (Å²) in [6.07, 6.45) is 3.29. The van der Waals surface area contributed by atoms with Crippen molar-refractivity contribution in [1.82, 2.24) is 4.98 Å². The van der Waals surface area contributed by atoms with Crippen molar-refractivity contribution in [1.29, 1.82) is 5.26 Å².